The van der Waals surface area contributed by atoms with Crippen molar-refractivity contribution < 1.29 is 35.8 Å². The van der Waals surface area contributed by atoms with Crippen molar-refractivity contribution in [2.45, 2.75) is 19.4 Å². The molecule has 1 aliphatic rings. The standard InChI is InChI=1S/C26H18F6O2/c1-15-13-33-25(34-14-15)18-6-4-16(5-7-18)2-3-17-10-19-12-21(27)20(8-9-26(30,31)32)24(29)23(19)22(28)11-17/h2-7,10-12,15,25H,13-14H2,1H3/b3-2+. The highest BCUT2D eigenvalue weighted by molar-refractivity contribution is 5.88. The van der Waals surface area contributed by atoms with Crippen molar-refractivity contribution in [1.82, 2.24) is 0 Å². The number of halogens is 6. The first-order chi connectivity index (χ1) is 16.1. The Kier molecular flexibility index (Phi) is 6.69. The number of fused-ring (bicyclic) bond motifs is 1. The lowest BCUT2D eigenvalue weighted by Crippen LogP contribution is -2.24. The average molecular weight is 476 g/mol. The van der Waals surface area contributed by atoms with Crippen LogP contribution in [0, 0.1) is 35.2 Å². The van der Waals surface area contributed by atoms with Gasteiger partial charge >= 0.3 is 6.18 Å². The first kappa shape index (κ1) is 23.9. The van der Waals surface area contributed by atoms with E-state index in [0.717, 1.165) is 29.2 Å². The third-order valence-corrected chi connectivity index (χ3v) is 5.17. The van der Waals surface area contributed by atoms with Crippen LogP contribution in [0.1, 0.15) is 35.5 Å². The Hall–Kier alpha value is -3.28. The summed E-state index contributed by atoms with van der Waals surface area (Å²) in [6, 6.07) is 10.4. The molecule has 176 valence electrons. The summed E-state index contributed by atoms with van der Waals surface area (Å²) in [4.78, 5) is 0. The first-order valence-corrected chi connectivity index (χ1v) is 10.3. The largest absolute Gasteiger partial charge is 0.458 e. The summed E-state index contributed by atoms with van der Waals surface area (Å²) in [5.74, 6) is -1.28. The Labute approximate surface area is 191 Å². The summed E-state index contributed by atoms with van der Waals surface area (Å²) in [6.07, 6.45) is -2.13. The fourth-order valence-corrected chi connectivity index (χ4v) is 3.53. The minimum atomic E-state index is -4.94. The number of alkyl halides is 3. The molecule has 0 aliphatic carbocycles. The molecule has 1 fully saturated rings. The van der Waals surface area contributed by atoms with E-state index in [1.807, 2.05) is 31.2 Å². The van der Waals surface area contributed by atoms with Crippen molar-refractivity contribution in [3.8, 4) is 11.8 Å². The van der Waals surface area contributed by atoms with Gasteiger partial charge in [0.05, 0.1) is 24.2 Å². The van der Waals surface area contributed by atoms with Gasteiger partial charge in [-0.2, -0.15) is 13.2 Å². The second-order valence-electron chi connectivity index (χ2n) is 8.00. The summed E-state index contributed by atoms with van der Waals surface area (Å²) >= 11 is 0. The molecule has 4 rings (SSSR count). The molecule has 1 heterocycles. The molecule has 0 saturated carbocycles. The molecule has 0 aromatic heterocycles. The van der Waals surface area contributed by atoms with Gasteiger partial charge in [-0.3, -0.25) is 0 Å². The lowest BCUT2D eigenvalue weighted by molar-refractivity contribution is -0.202. The highest BCUT2D eigenvalue weighted by atomic mass is 19.4. The highest BCUT2D eigenvalue weighted by Crippen LogP contribution is 2.29. The van der Waals surface area contributed by atoms with Crippen LogP contribution in [0.15, 0.2) is 42.5 Å². The highest BCUT2D eigenvalue weighted by Gasteiger charge is 2.24. The van der Waals surface area contributed by atoms with Crippen LogP contribution in [-0.2, 0) is 9.47 Å². The SMILES string of the molecule is CC1COC(c2ccc(/C=C/c3cc(F)c4c(F)c(C#CC(F)(F)F)c(F)cc4c3)cc2)OC1. The van der Waals surface area contributed by atoms with Gasteiger partial charge < -0.3 is 9.47 Å². The molecule has 0 unspecified atom stereocenters. The second-order valence-corrected chi connectivity index (χ2v) is 8.00. The normalized spacial score (nSPS) is 18.8. The monoisotopic (exact) mass is 476 g/mol. The van der Waals surface area contributed by atoms with E-state index in [-0.39, 0.29) is 5.39 Å². The molecule has 34 heavy (non-hydrogen) atoms. The molecule has 0 atom stereocenters. The maximum Gasteiger partial charge on any atom is 0.458 e. The quantitative estimate of drug-likeness (QED) is 0.230. The Morgan fingerprint density at radius 3 is 2.18 bits per heavy atom. The number of benzene rings is 3. The zero-order chi connectivity index (χ0) is 24.5. The van der Waals surface area contributed by atoms with E-state index in [1.165, 1.54) is 12.0 Å². The molecule has 0 bridgehead atoms. The van der Waals surface area contributed by atoms with Gasteiger partial charge in [0.2, 0.25) is 0 Å². The molecular weight excluding hydrogens is 458 g/mol. The predicted octanol–water partition coefficient (Wildman–Crippen LogP) is 7.02. The zero-order valence-electron chi connectivity index (χ0n) is 17.8. The molecule has 0 spiro atoms. The molecule has 1 aliphatic heterocycles. The smallest absolute Gasteiger partial charge is 0.348 e. The number of hydrogen-bond acceptors (Lipinski definition) is 2. The molecule has 0 amide bonds. The van der Waals surface area contributed by atoms with E-state index in [4.69, 9.17) is 9.47 Å². The zero-order valence-corrected chi connectivity index (χ0v) is 17.8. The van der Waals surface area contributed by atoms with Crippen molar-refractivity contribution >= 4 is 22.9 Å². The third kappa shape index (κ3) is 5.44. The molecule has 3 aromatic carbocycles. The predicted molar refractivity (Wildman–Crippen MR) is 116 cm³/mol. The van der Waals surface area contributed by atoms with Crippen LogP contribution in [0.25, 0.3) is 22.9 Å². The van der Waals surface area contributed by atoms with Crippen LogP contribution in [0.2, 0.25) is 0 Å². The van der Waals surface area contributed by atoms with E-state index < -0.39 is 40.9 Å². The maximum atomic E-state index is 14.6. The molecular formula is C26H18F6O2. The van der Waals surface area contributed by atoms with Crippen LogP contribution in [0.4, 0.5) is 26.3 Å². The van der Waals surface area contributed by atoms with Gasteiger partial charge in [0.1, 0.15) is 11.6 Å². The molecule has 0 radical (unpaired) electrons. The van der Waals surface area contributed by atoms with Crippen LogP contribution in [0.5, 0.6) is 0 Å². The topological polar surface area (TPSA) is 18.5 Å². The molecule has 8 heteroatoms. The molecule has 0 N–H and O–H groups in total. The van der Waals surface area contributed by atoms with Gasteiger partial charge in [-0.1, -0.05) is 49.3 Å². The lowest BCUT2D eigenvalue weighted by Gasteiger charge is -2.27. The molecule has 1 saturated heterocycles. The summed E-state index contributed by atoms with van der Waals surface area (Å²) in [5.41, 5.74) is 0.821. The number of hydrogen-bond donors (Lipinski definition) is 0. The van der Waals surface area contributed by atoms with E-state index in [1.54, 1.807) is 12.2 Å². The minimum Gasteiger partial charge on any atom is -0.348 e. The van der Waals surface area contributed by atoms with Crippen molar-refractivity contribution in [3.63, 3.8) is 0 Å². The fourth-order valence-electron chi connectivity index (χ4n) is 3.53. The molecule has 2 nitrogen and oxygen atoms in total. The van der Waals surface area contributed by atoms with Crippen LogP contribution >= 0.6 is 0 Å². The van der Waals surface area contributed by atoms with Crippen LogP contribution in [-0.4, -0.2) is 19.4 Å². The Bertz CT molecular complexity index is 1290. The van der Waals surface area contributed by atoms with Gasteiger partial charge in [-0.15, -0.1) is 0 Å². The Morgan fingerprint density at radius 1 is 0.882 bits per heavy atom. The van der Waals surface area contributed by atoms with Gasteiger partial charge in [0, 0.05) is 17.4 Å². The van der Waals surface area contributed by atoms with Crippen molar-refractivity contribution in [2.24, 2.45) is 5.92 Å². The average Bonchev–Trinajstić information content (AvgIpc) is 2.77. The van der Waals surface area contributed by atoms with Gasteiger partial charge in [0.25, 0.3) is 0 Å². The molecule has 3 aromatic rings. The number of rotatable bonds is 3. The van der Waals surface area contributed by atoms with E-state index in [2.05, 4.69) is 0 Å². The Morgan fingerprint density at radius 2 is 1.53 bits per heavy atom. The van der Waals surface area contributed by atoms with Crippen molar-refractivity contribution in [2.75, 3.05) is 13.2 Å². The minimum absolute atomic E-state index is 0.136. The summed E-state index contributed by atoms with van der Waals surface area (Å²) in [6.45, 7) is 3.25. The van der Waals surface area contributed by atoms with E-state index in [9.17, 15) is 26.3 Å². The first-order valence-electron chi connectivity index (χ1n) is 10.3. The van der Waals surface area contributed by atoms with Crippen LogP contribution < -0.4 is 0 Å². The Balaban J connectivity index is 1.58. The third-order valence-electron chi connectivity index (χ3n) is 5.17. The van der Waals surface area contributed by atoms with Gasteiger partial charge in [-0.05, 0) is 34.7 Å². The lowest BCUT2D eigenvalue weighted by atomic mass is 10.0. The maximum absolute atomic E-state index is 14.6. The van der Waals surface area contributed by atoms with Crippen molar-refractivity contribution in [1.29, 1.82) is 0 Å². The second kappa shape index (κ2) is 9.53. The van der Waals surface area contributed by atoms with Gasteiger partial charge in [-0.25, -0.2) is 13.2 Å². The summed E-state index contributed by atoms with van der Waals surface area (Å²) < 4.78 is 91.6. The summed E-state index contributed by atoms with van der Waals surface area (Å²) in [7, 11) is 0. The van der Waals surface area contributed by atoms with Crippen LogP contribution in [0.3, 0.4) is 0 Å². The van der Waals surface area contributed by atoms with E-state index in [0.29, 0.717) is 24.7 Å². The van der Waals surface area contributed by atoms with Gasteiger partial charge in [0.15, 0.2) is 12.1 Å². The summed E-state index contributed by atoms with van der Waals surface area (Å²) in [5, 5.41) is -0.764. The number of ether oxygens (including phenoxy) is 2. The van der Waals surface area contributed by atoms with E-state index >= 15 is 0 Å². The fraction of sp³-hybridized carbons (Fsp3) is 0.231. The van der Waals surface area contributed by atoms with Crippen molar-refractivity contribution in [3.05, 3.63) is 82.2 Å².